The monoisotopic (exact) mass is 193 g/mol. The van der Waals surface area contributed by atoms with Crippen molar-refractivity contribution in [3.63, 3.8) is 0 Å². The zero-order valence-corrected chi connectivity index (χ0v) is 9.60. The maximum absolute atomic E-state index is 3.69. The van der Waals surface area contributed by atoms with Crippen LogP contribution in [0.4, 0.5) is 0 Å². The molecular weight excluding hydrogens is 170 g/mol. The molecule has 0 aromatic heterocycles. The van der Waals surface area contributed by atoms with Gasteiger partial charge in [-0.3, -0.25) is 0 Å². The summed E-state index contributed by atoms with van der Waals surface area (Å²) in [4.78, 5) is 0. The third kappa shape index (κ3) is 2.03. The Hall–Kier alpha value is -0.300. The molecule has 1 saturated carbocycles. The highest BCUT2D eigenvalue weighted by atomic mass is 14.9. The number of rotatable bonds is 4. The molecule has 1 nitrogen and oxygen atoms in total. The van der Waals surface area contributed by atoms with E-state index >= 15 is 0 Å². The van der Waals surface area contributed by atoms with Gasteiger partial charge in [-0.15, -0.1) is 0 Å². The fourth-order valence-corrected chi connectivity index (χ4v) is 2.64. The van der Waals surface area contributed by atoms with E-state index in [1.165, 1.54) is 38.5 Å². The minimum atomic E-state index is 0.596. The number of hydrogen-bond acceptors (Lipinski definition) is 1. The molecule has 80 valence electrons. The molecule has 1 heteroatoms. The molecule has 0 spiro atoms. The maximum atomic E-state index is 3.69. The molecule has 1 atom stereocenters. The van der Waals surface area contributed by atoms with Gasteiger partial charge in [-0.1, -0.05) is 25.5 Å². The van der Waals surface area contributed by atoms with E-state index in [1.54, 1.807) is 5.57 Å². The normalized spacial score (nSPS) is 26.9. The molecule has 1 N–H and O–H groups in total. The minimum Gasteiger partial charge on any atom is -0.310 e. The molecule has 14 heavy (non-hydrogen) atoms. The van der Waals surface area contributed by atoms with Crippen molar-refractivity contribution in [1.82, 2.24) is 5.32 Å². The molecule has 0 aliphatic heterocycles. The van der Waals surface area contributed by atoms with Crippen LogP contribution in [0.15, 0.2) is 11.6 Å². The fourth-order valence-electron chi connectivity index (χ4n) is 2.64. The zero-order chi connectivity index (χ0) is 10.0. The summed E-state index contributed by atoms with van der Waals surface area (Å²) < 4.78 is 0. The highest BCUT2D eigenvalue weighted by Crippen LogP contribution is 2.51. The highest BCUT2D eigenvalue weighted by Gasteiger charge is 2.45. The fraction of sp³-hybridized carbons (Fsp3) is 0.846. The van der Waals surface area contributed by atoms with Crippen molar-refractivity contribution in [2.24, 2.45) is 5.41 Å². The summed E-state index contributed by atoms with van der Waals surface area (Å²) >= 11 is 0. The van der Waals surface area contributed by atoms with Gasteiger partial charge in [-0.2, -0.15) is 0 Å². The van der Waals surface area contributed by atoms with Gasteiger partial charge < -0.3 is 5.32 Å². The van der Waals surface area contributed by atoms with Crippen molar-refractivity contribution in [1.29, 1.82) is 0 Å². The second-order valence-electron chi connectivity index (χ2n) is 5.17. The molecule has 0 saturated heterocycles. The van der Waals surface area contributed by atoms with E-state index < -0.39 is 0 Å². The number of likely N-dealkylation sites (N-methyl/N-ethyl adjacent to an activating group) is 1. The molecule has 2 aliphatic rings. The third-order valence-corrected chi connectivity index (χ3v) is 3.84. The minimum absolute atomic E-state index is 0.596. The predicted octanol–water partition coefficient (Wildman–Crippen LogP) is 3.27. The third-order valence-electron chi connectivity index (χ3n) is 3.84. The van der Waals surface area contributed by atoms with Gasteiger partial charge in [0.25, 0.3) is 0 Å². The predicted molar refractivity (Wildman–Crippen MR) is 61.4 cm³/mol. The van der Waals surface area contributed by atoms with Gasteiger partial charge in [0.15, 0.2) is 0 Å². The largest absolute Gasteiger partial charge is 0.310 e. The van der Waals surface area contributed by atoms with Crippen molar-refractivity contribution in [3.05, 3.63) is 11.6 Å². The number of nitrogens with one attached hydrogen (secondary N) is 1. The molecule has 2 aliphatic carbocycles. The van der Waals surface area contributed by atoms with Crippen molar-refractivity contribution in [3.8, 4) is 0 Å². The van der Waals surface area contributed by atoms with Crippen LogP contribution in [-0.2, 0) is 0 Å². The van der Waals surface area contributed by atoms with Crippen LogP contribution in [0, 0.1) is 5.41 Å². The molecular formula is C13H23N. The summed E-state index contributed by atoms with van der Waals surface area (Å²) in [7, 11) is 0. The SMILES string of the molecule is CCNC(C1=CCCCC1)C1(C)CC1. The van der Waals surface area contributed by atoms with Gasteiger partial charge in [-0.05, 0) is 50.5 Å². The quantitative estimate of drug-likeness (QED) is 0.676. The van der Waals surface area contributed by atoms with Crippen LogP contribution in [0.2, 0.25) is 0 Å². The molecule has 2 rings (SSSR count). The molecule has 0 aromatic carbocycles. The van der Waals surface area contributed by atoms with Gasteiger partial charge in [0.1, 0.15) is 0 Å². The summed E-state index contributed by atoms with van der Waals surface area (Å²) in [6.45, 7) is 5.77. The number of hydrogen-bond donors (Lipinski definition) is 1. The van der Waals surface area contributed by atoms with Crippen LogP contribution in [0.3, 0.4) is 0 Å². The highest BCUT2D eigenvalue weighted by molar-refractivity contribution is 5.20. The molecule has 1 unspecified atom stereocenters. The lowest BCUT2D eigenvalue weighted by Gasteiger charge is -2.29. The summed E-state index contributed by atoms with van der Waals surface area (Å²) in [5.41, 5.74) is 2.30. The maximum Gasteiger partial charge on any atom is 0.0333 e. The average Bonchev–Trinajstić information content (AvgIpc) is 2.95. The Morgan fingerprint density at radius 3 is 2.71 bits per heavy atom. The Labute approximate surface area is 88.0 Å². The Morgan fingerprint density at radius 1 is 1.43 bits per heavy atom. The lowest BCUT2D eigenvalue weighted by atomic mass is 9.85. The number of allylic oxidation sites excluding steroid dienone is 1. The molecule has 0 radical (unpaired) electrons. The van der Waals surface area contributed by atoms with Gasteiger partial charge in [0.2, 0.25) is 0 Å². The first-order valence-corrected chi connectivity index (χ1v) is 6.18. The van der Waals surface area contributed by atoms with Crippen LogP contribution < -0.4 is 5.32 Å². The van der Waals surface area contributed by atoms with Gasteiger partial charge in [0, 0.05) is 6.04 Å². The summed E-state index contributed by atoms with van der Waals surface area (Å²) in [5, 5.41) is 3.69. The first-order valence-electron chi connectivity index (χ1n) is 6.18. The van der Waals surface area contributed by atoms with E-state index in [-0.39, 0.29) is 0 Å². The van der Waals surface area contributed by atoms with Crippen LogP contribution >= 0.6 is 0 Å². The summed E-state index contributed by atoms with van der Waals surface area (Å²) in [6.07, 6.45) is 10.8. The molecule has 0 bridgehead atoms. The van der Waals surface area contributed by atoms with E-state index in [2.05, 4.69) is 25.2 Å². The molecule has 1 fully saturated rings. The lowest BCUT2D eigenvalue weighted by Crippen LogP contribution is -2.38. The van der Waals surface area contributed by atoms with Crippen molar-refractivity contribution < 1.29 is 0 Å². The van der Waals surface area contributed by atoms with E-state index in [1.807, 2.05) is 0 Å². The molecule has 0 aromatic rings. The van der Waals surface area contributed by atoms with Crippen molar-refractivity contribution >= 4 is 0 Å². The van der Waals surface area contributed by atoms with Crippen molar-refractivity contribution in [2.45, 2.75) is 58.4 Å². The van der Waals surface area contributed by atoms with E-state index in [0.29, 0.717) is 11.5 Å². The summed E-state index contributed by atoms with van der Waals surface area (Å²) in [5.74, 6) is 0. The van der Waals surface area contributed by atoms with Crippen LogP contribution in [0.25, 0.3) is 0 Å². The Bertz CT molecular complexity index is 225. The van der Waals surface area contributed by atoms with Crippen molar-refractivity contribution in [2.75, 3.05) is 6.54 Å². The van der Waals surface area contributed by atoms with E-state index in [9.17, 15) is 0 Å². The Balaban J connectivity index is 2.05. The standard InChI is InChI=1S/C13H23N/c1-3-14-12(13(2)9-10-13)11-7-5-4-6-8-11/h7,12,14H,3-6,8-10H2,1-2H3. The lowest BCUT2D eigenvalue weighted by molar-refractivity contribution is 0.391. The van der Waals surface area contributed by atoms with Gasteiger partial charge >= 0.3 is 0 Å². The topological polar surface area (TPSA) is 12.0 Å². The van der Waals surface area contributed by atoms with Gasteiger partial charge in [-0.25, -0.2) is 0 Å². The smallest absolute Gasteiger partial charge is 0.0333 e. The summed E-state index contributed by atoms with van der Waals surface area (Å²) in [6, 6.07) is 0.688. The van der Waals surface area contributed by atoms with Gasteiger partial charge in [0.05, 0.1) is 0 Å². The first kappa shape index (κ1) is 10.2. The zero-order valence-electron chi connectivity index (χ0n) is 9.60. The van der Waals surface area contributed by atoms with Crippen LogP contribution in [0.5, 0.6) is 0 Å². The van der Waals surface area contributed by atoms with E-state index in [0.717, 1.165) is 6.54 Å². The molecule has 0 heterocycles. The second kappa shape index (κ2) is 4.06. The van der Waals surface area contributed by atoms with E-state index in [4.69, 9.17) is 0 Å². The molecule has 0 amide bonds. The average molecular weight is 193 g/mol. The first-order chi connectivity index (χ1) is 6.76. The second-order valence-corrected chi connectivity index (χ2v) is 5.17. The Morgan fingerprint density at radius 2 is 2.21 bits per heavy atom. The Kier molecular flexibility index (Phi) is 2.96. The van der Waals surface area contributed by atoms with Crippen LogP contribution in [0.1, 0.15) is 52.4 Å². The van der Waals surface area contributed by atoms with Crippen LogP contribution in [-0.4, -0.2) is 12.6 Å².